The zero-order valence-corrected chi connectivity index (χ0v) is 14.8. The Morgan fingerprint density at radius 1 is 0.964 bits per heavy atom. The standard InChI is InChI=1S/C20H18O8/c1-2-28-20(27)18-12(19(25)26)5-10-7-15(23)16(24)8-11(10)17(18)9-3-4-13(21)14(22)6-9/h3-8,17-18,21-24H,2H2,1H3,(H,25,26)/t17-,18-/m0/s1. The number of fused-ring (bicyclic) bond motifs is 1. The van der Waals surface area contributed by atoms with Gasteiger partial charge in [-0.25, -0.2) is 4.79 Å². The van der Waals surface area contributed by atoms with Gasteiger partial charge in [-0.1, -0.05) is 6.07 Å². The summed E-state index contributed by atoms with van der Waals surface area (Å²) < 4.78 is 5.07. The summed E-state index contributed by atoms with van der Waals surface area (Å²) in [5.41, 5.74) is 0.731. The number of hydrogen-bond acceptors (Lipinski definition) is 7. The van der Waals surface area contributed by atoms with Crippen LogP contribution in [0.4, 0.5) is 0 Å². The molecule has 2 atom stereocenters. The molecule has 2 aromatic carbocycles. The molecule has 146 valence electrons. The van der Waals surface area contributed by atoms with E-state index in [0.29, 0.717) is 16.7 Å². The van der Waals surface area contributed by atoms with Gasteiger partial charge < -0.3 is 30.3 Å². The number of carboxylic acids is 1. The second-order valence-electron chi connectivity index (χ2n) is 6.33. The Balaban J connectivity index is 2.31. The molecule has 0 unspecified atom stereocenters. The largest absolute Gasteiger partial charge is 0.504 e. The highest BCUT2D eigenvalue weighted by molar-refractivity contribution is 6.01. The molecule has 0 saturated carbocycles. The molecule has 0 bridgehead atoms. The molecule has 0 radical (unpaired) electrons. The van der Waals surface area contributed by atoms with Crippen LogP contribution in [0.5, 0.6) is 23.0 Å². The molecule has 1 aliphatic rings. The van der Waals surface area contributed by atoms with Crippen molar-refractivity contribution in [2.24, 2.45) is 5.92 Å². The number of ether oxygens (including phenoxy) is 1. The van der Waals surface area contributed by atoms with Crippen LogP contribution in [0.25, 0.3) is 6.08 Å². The summed E-state index contributed by atoms with van der Waals surface area (Å²) in [7, 11) is 0. The predicted molar refractivity (Wildman–Crippen MR) is 97.1 cm³/mol. The number of benzene rings is 2. The normalized spacial score (nSPS) is 18.1. The third kappa shape index (κ3) is 3.20. The first-order valence-electron chi connectivity index (χ1n) is 8.43. The zero-order chi connectivity index (χ0) is 20.6. The maximum atomic E-state index is 12.7. The average molecular weight is 386 g/mol. The van der Waals surface area contributed by atoms with Crippen LogP contribution in [0.2, 0.25) is 0 Å². The molecule has 1 aliphatic carbocycles. The minimum absolute atomic E-state index is 0.0312. The molecule has 5 N–H and O–H groups in total. The van der Waals surface area contributed by atoms with Gasteiger partial charge in [-0.15, -0.1) is 0 Å². The zero-order valence-electron chi connectivity index (χ0n) is 14.8. The fourth-order valence-corrected chi connectivity index (χ4v) is 3.42. The van der Waals surface area contributed by atoms with Crippen molar-refractivity contribution in [3.63, 3.8) is 0 Å². The minimum Gasteiger partial charge on any atom is -0.504 e. The highest BCUT2D eigenvalue weighted by Crippen LogP contribution is 2.47. The van der Waals surface area contributed by atoms with Crippen LogP contribution in [0, 0.1) is 5.92 Å². The van der Waals surface area contributed by atoms with E-state index in [1.165, 1.54) is 36.4 Å². The van der Waals surface area contributed by atoms with E-state index in [4.69, 9.17) is 4.74 Å². The maximum Gasteiger partial charge on any atom is 0.332 e. The first-order chi connectivity index (χ1) is 13.2. The monoisotopic (exact) mass is 386 g/mol. The lowest BCUT2D eigenvalue weighted by atomic mass is 9.71. The van der Waals surface area contributed by atoms with Crippen LogP contribution in [0.3, 0.4) is 0 Å². The minimum atomic E-state index is -1.34. The molecule has 3 rings (SSSR count). The Bertz CT molecular complexity index is 992. The molecule has 0 aliphatic heterocycles. The van der Waals surface area contributed by atoms with Crippen molar-refractivity contribution in [2.75, 3.05) is 6.61 Å². The third-order valence-corrected chi connectivity index (χ3v) is 4.64. The van der Waals surface area contributed by atoms with Crippen molar-refractivity contribution in [3.8, 4) is 23.0 Å². The molecule has 0 amide bonds. The fourth-order valence-electron chi connectivity index (χ4n) is 3.42. The van der Waals surface area contributed by atoms with Crippen molar-refractivity contribution < 1.29 is 39.9 Å². The maximum absolute atomic E-state index is 12.7. The van der Waals surface area contributed by atoms with Gasteiger partial charge in [-0.05, 0) is 54.0 Å². The number of hydrogen-bond donors (Lipinski definition) is 5. The van der Waals surface area contributed by atoms with Crippen LogP contribution >= 0.6 is 0 Å². The van der Waals surface area contributed by atoms with Crippen LogP contribution < -0.4 is 0 Å². The smallest absolute Gasteiger partial charge is 0.332 e. The highest BCUT2D eigenvalue weighted by atomic mass is 16.5. The lowest BCUT2D eigenvalue weighted by molar-refractivity contribution is -0.149. The fraction of sp³-hybridized carbons (Fsp3) is 0.200. The van der Waals surface area contributed by atoms with Gasteiger partial charge in [-0.3, -0.25) is 4.79 Å². The van der Waals surface area contributed by atoms with E-state index in [1.54, 1.807) is 6.92 Å². The van der Waals surface area contributed by atoms with Gasteiger partial charge in [0.2, 0.25) is 0 Å². The van der Waals surface area contributed by atoms with Gasteiger partial charge in [0.25, 0.3) is 0 Å². The highest BCUT2D eigenvalue weighted by Gasteiger charge is 2.42. The predicted octanol–water partition coefficient (Wildman–Crippen LogP) is 2.30. The Kier molecular flexibility index (Phi) is 4.87. The molecular formula is C20H18O8. The number of phenolic OH excluding ortho intramolecular Hbond substituents is 4. The van der Waals surface area contributed by atoms with E-state index in [0.717, 1.165) is 0 Å². The van der Waals surface area contributed by atoms with Crippen LogP contribution in [-0.2, 0) is 14.3 Å². The lowest BCUT2D eigenvalue weighted by Gasteiger charge is -2.32. The van der Waals surface area contributed by atoms with Crippen molar-refractivity contribution in [1.82, 2.24) is 0 Å². The summed E-state index contributed by atoms with van der Waals surface area (Å²) in [4.78, 5) is 24.5. The van der Waals surface area contributed by atoms with Gasteiger partial charge in [0.05, 0.1) is 18.1 Å². The van der Waals surface area contributed by atoms with Crippen LogP contribution in [0.15, 0.2) is 35.9 Å². The van der Waals surface area contributed by atoms with Crippen LogP contribution in [0.1, 0.15) is 29.5 Å². The number of aromatic hydroxyl groups is 4. The lowest BCUT2D eigenvalue weighted by Crippen LogP contribution is -2.32. The topological polar surface area (TPSA) is 145 Å². The van der Waals surface area contributed by atoms with Crippen molar-refractivity contribution in [2.45, 2.75) is 12.8 Å². The van der Waals surface area contributed by atoms with Crippen molar-refractivity contribution >= 4 is 18.0 Å². The summed E-state index contributed by atoms with van der Waals surface area (Å²) in [6.07, 6.45) is 1.25. The number of aliphatic carboxylic acids is 1. The molecule has 0 heterocycles. The number of carbonyl (C=O) groups excluding carboxylic acids is 1. The van der Waals surface area contributed by atoms with Crippen molar-refractivity contribution in [3.05, 3.63) is 52.6 Å². The molecule has 0 fully saturated rings. The molecule has 0 spiro atoms. The summed E-state index contributed by atoms with van der Waals surface area (Å²) in [6.45, 7) is 1.62. The number of carbonyl (C=O) groups is 2. The van der Waals surface area contributed by atoms with E-state index < -0.39 is 41.0 Å². The Labute approximate surface area is 159 Å². The van der Waals surface area contributed by atoms with E-state index >= 15 is 0 Å². The Morgan fingerprint density at radius 2 is 1.61 bits per heavy atom. The van der Waals surface area contributed by atoms with Gasteiger partial charge in [0.1, 0.15) is 0 Å². The first-order valence-corrected chi connectivity index (χ1v) is 8.43. The first kappa shape index (κ1) is 19.1. The molecule has 0 aromatic heterocycles. The molecule has 8 heteroatoms. The molecule has 0 saturated heterocycles. The van der Waals surface area contributed by atoms with Crippen LogP contribution in [-0.4, -0.2) is 44.1 Å². The third-order valence-electron chi connectivity index (χ3n) is 4.64. The number of phenols is 4. The van der Waals surface area contributed by atoms with Gasteiger partial charge in [-0.2, -0.15) is 0 Å². The second kappa shape index (κ2) is 7.15. The van der Waals surface area contributed by atoms with E-state index in [9.17, 15) is 35.1 Å². The summed E-state index contributed by atoms with van der Waals surface area (Å²) >= 11 is 0. The average Bonchev–Trinajstić information content (AvgIpc) is 2.63. The second-order valence-corrected chi connectivity index (χ2v) is 6.33. The molecule has 28 heavy (non-hydrogen) atoms. The van der Waals surface area contributed by atoms with E-state index in [1.807, 2.05) is 0 Å². The number of esters is 1. The van der Waals surface area contributed by atoms with Gasteiger partial charge in [0.15, 0.2) is 23.0 Å². The quantitative estimate of drug-likeness (QED) is 0.398. The SMILES string of the molecule is CCOC(=O)[C@H]1C(C(=O)O)=Cc2cc(O)c(O)cc2[C@@H]1c1ccc(O)c(O)c1. The number of carboxylic acid groups (broad SMARTS) is 1. The Morgan fingerprint density at radius 3 is 2.21 bits per heavy atom. The molecular weight excluding hydrogens is 368 g/mol. The van der Waals surface area contributed by atoms with Gasteiger partial charge in [0, 0.05) is 5.92 Å². The van der Waals surface area contributed by atoms with Gasteiger partial charge >= 0.3 is 11.9 Å². The van der Waals surface area contributed by atoms with Crippen molar-refractivity contribution in [1.29, 1.82) is 0 Å². The van der Waals surface area contributed by atoms with E-state index in [2.05, 4.69) is 0 Å². The molecule has 8 nitrogen and oxygen atoms in total. The Hall–Kier alpha value is -3.68. The summed E-state index contributed by atoms with van der Waals surface area (Å²) in [6, 6.07) is 6.30. The summed E-state index contributed by atoms with van der Waals surface area (Å²) in [5, 5.41) is 48.9. The molecule has 2 aromatic rings. The number of rotatable bonds is 4. The summed E-state index contributed by atoms with van der Waals surface area (Å²) in [5.74, 6) is -6.05. The van der Waals surface area contributed by atoms with E-state index in [-0.39, 0.29) is 17.9 Å².